The predicted octanol–water partition coefficient (Wildman–Crippen LogP) is 5.15. The van der Waals surface area contributed by atoms with Crippen LogP contribution in [0.15, 0.2) is 92.3 Å². The van der Waals surface area contributed by atoms with Crippen LogP contribution >= 0.6 is 49.9 Å². The van der Waals surface area contributed by atoms with Gasteiger partial charge >= 0.3 is 0 Å². The van der Waals surface area contributed by atoms with Crippen LogP contribution in [0.2, 0.25) is 0 Å². The zero-order valence-corrected chi connectivity index (χ0v) is 26.4. The molecule has 4 aromatic rings. The summed E-state index contributed by atoms with van der Waals surface area (Å²) in [4.78, 5) is 33.0. The number of nitriles is 1. The normalized spacial score (nSPS) is 14.6. The number of nitrogens with one attached hydrogen (secondary N) is 1. The molecule has 0 saturated heterocycles. The van der Waals surface area contributed by atoms with Crippen LogP contribution in [0.3, 0.4) is 0 Å². The third-order valence-electron chi connectivity index (χ3n) is 6.31. The molecule has 1 N–H and O–H groups in total. The first-order valence-corrected chi connectivity index (χ1v) is 15.0. The van der Waals surface area contributed by atoms with Gasteiger partial charge in [-0.1, -0.05) is 57.6 Å². The van der Waals surface area contributed by atoms with E-state index >= 15 is 0 Å². The summed E-state index contributed by atoms with van der Waals surface area (Å²) in [5, 5.41) is 12.0. The lowest BCUT2D eigenvalue weighted by Gasteiger charge is -2.25. The number of thiazole rings is 1. The van der Waals surface area contributed by atoms with Crippen LogP contribution in [-0.4, -0.2) is 24.2 Å². The van der Waals surface area contributed by atoms with Crippen LogP contribution in [0.1, 0.15) is 24.1 Å². The quantitative estimate of drug-likeness (QED) is 0.264. The number of benzene rings is 3. The third kappa shape index (κ3) is 6.00. The highest BCUT2D eigenvalue weighted by Gasteiger charge is 2.33. The summed E-state index contributed by atoms with van der Waals surface area (Å²) in [5.41, 5.74) is 2.54. The number of hydrogen-bond acceptors (Lipinski definition) is 7. The van der Waals surface area contributed by atoms with Gasteiger partial charge in [0.15, 0.2) is 11.4 Å². The molecular formula is C30H22BrIN4O4S. The smallest absolute Gasteiger partial charge is 0.271 e. The van der Waals surface area contributed by atoms with E-state index < -0.39 is 6.04 Å². The molecule has 0 bridgehead atoms. The highest BCUT2D eigenvalue weighted by atomic mass is 127. The number of methoxy groups -OCH3 is 1. The number of fused-ring (bicyclic) bond motifs is 1. The maximum Gasteiger partial charge on any atom is 0.271 e. The number of nitrogens with zero attached hydrogens (tertiary/aromatic N) is 3. The number of aromatic nitrogens is 1. The van der Waals surface area contributed by atoms with Crippen molar-refractivity contribution in [3.8, 4) is 17.6 Å². The minimum absolute atomic E-state index is 0.130. The van der Waals surface area contributed by atoms with Gasteiger partial charge in [-0.3, -0.25) is 14.2 Å². The van der Waals surface area contributed by atoms with Crippen LogP contribution in [0.4, 0.5) is 5.69 Å². The van der Waals surface area contributed by atoms with E-state index in [1.165, 1.54) is 11.3 Å². The fourth-order valence-corrected chi connectivity index (χ4v) is 7.29. The zero-order chi connectivity index (χ0) is 29.1. The van der Waals surface area contributed by atoms with Crippen molar-refractivity contribution in [2.45, 2.75) is 13.0 Å². The summed E-state index contributed by atoms with van der Waals surface area (Å²) in [6.07, 6.45) is 1.73. The van der Waals surface area contributed by atoms with Gasteiger partial charge in [-0.15, -0.1) is 0 Å². The molecule has 2 heterocycles. The Kier molecular flexibility index (Phi) is 8.72. The molecule has 206 valence electrons. The summed E-state index contributed by atoms with van der Waals surface area (Å²) < 4.78 is 14.7. The first-order chi connectivity index (χ1) is 19.8. The molecule has 11 heteroatoms. The second kappa shape index (κ2) is 12.4. The molecule has 0 radical (unpaired) electrons. The molecule has 5 rings (SSSR count). The number of allylic oxidation sites excluding steroid dienone is 1. The van der Waals surface area contributed by atoms with E-state index in [0.29, 0.717) is 48.9 Å². The first kappa shape index (κ1) is 28.8. The molecular weight excluding hydrogens is 719 g/mol. The van der Waals surface area contributed by atoms with E-state index in [1.54, 1.807) is 36.8 Å². The maximum absolute atomic E-state index is 14.1. The largest absolute Gasteiger partial charge is 0.497 e. The Hall–Kier alpha value is -3.73. The van der Waals surface area contributed by atoms with Crippen molar-refractivity contribution in [1.82, 2.24) is 4.57 Å². The van der Waals surface area contributed by atoms with Crippen molar-refractivity contribution < 1.29 is 14.3 Å². The fourth-order valence-electron chi connectivity index (χ4n) is 4.54. The zero-order valence-electron chi connectivity index (χ0n) is 21.9. The molecule has 0 spiro atoms. The molecule has 1 amide bonds. The second-order valence-corrected chi connectivity index (χ2v) is 12.0. The lowest BCUT2D eigenvalue weighted by Crippen LogP contribution is -2.40. The number of amides is 1. The van der Waals surface area contributed by atoms with Crippen LogP contribution in [-0.2, 0) is 4.79 Å². The molecule has 3 aromatic carbocycles. The standard InChI is InChI=1S/C30H22BrIN4O4S/c1-17-25(28(37)35-21-8-4-3-5-9-21)26(18-7-6-10-22(14-18)39-2)36-29(38)24(41-30(36)34-17)15-19-13-20(31)16-23(32)27(19)40-12-11-33/h3-10,13-16,26H,12H2,1-2H3,(H,35,37)/b24-15-/t26-/m0/s1. The summed E-state index contributed by atoms with van der Waals surface area (Å²) in [6, 6.07) is 21.4. The van der Waals surface area contributed by atoms with E-state index in [4.69, 9.17) is 19.7 Å². The van der Waals surface area contributed by atoms with E-state index in [-0.39, 0.29) is 18.1 Å². The average Bonchev–Trinajstić information content (AvgIpc) is 3.26. The topological polar surface area (TPSA) is 106 Å². The number of para-hydroxylation sites is 1. The van der Waals surface area contributed by atoms with E-state index in [1.807, 2.05) is 60.7 Å². The highest BCUT2D eigenvalue weighted by Crippen LogP contribution is 2.33. The predicted molar refractivity (Wildman–Crippen MR) is 170 cm³/mol. The van der Waals surface area contributed by atoms with Crippen molar-refractivity contribution in [1.29, 1.82) is 5.26 Å². The number of rotatable bonds is 7. The number of anilines is 1. The molecule has 0 unspecified atom stereocenters. The number of carbonyl (C=O) groups is 1. The van der Waals surface area contributed by atoms with Gasteiger partial charge in [0.05, 0.1) is 32.5 Å². The molecule has 8 nitrogen and oxygen atoms in total. The SMILES string of the molecule is COc1cccc([C@H]2C(C(=O)Nc3ccccc3)=C(C)N=c3s/c(=C\c4cc(Br)cc(I)c4OCC#N)c(=O)n32)c1. The van der Waals surface area contributed by atoms with E-state index in [9.17, 15) is 9.59 Å². The molecule has 1 aliphatic heterocycles. The van der Waals surface area contributed by atoms with Crippen molar-refractivity contribution in [3.05, 3.63) is 117 Å². The monoisotopic (exact) mass is 740 g/mol. The number of carbonyl (C=O) groups excluding carboxylic acids is 1. The van der Waals surface area contributed by atoms with Crippen molar-refractivity contribution >= 4 is 67.5 Å². The molecule has 41 heavy (non-hydrogen) atoms. The Bertz CT molecular complexity index is 1910. The lowest BCUT2D eigenvalue weighted by atomic mass is 9.95. The molecule has 1 atom stereocenters. The van der Waals surface area contributed by atoms with Crippen molar-refractivity contribution in [2.24, 2.45) is 4.99 Å². The minimum Gasteiger partial charge on any atom is -0.497 e. The number of ether oxygens (including phenoxy) is 2. The summed E-state index contributed by atoms with van der Waals surface area (Å²) in [5.74, 6) is 0.753. The molecule has 0 aliphatic carbocycles. The highest BCUT2D eigenvalue weighted by molar-refractivity contribution is 14.1. The lowest BCUT2D eigenvalue weighted by molar-refractivity contribution is -0.113. The van der Waals surface area contributed by atoms with Gasteiger partial charge in [-0.05, 0) is 77.6 Å². The van der Waals surface area contributed by atoms with Crippen LogP contribution < -0.4 is 29.7 Å². The minimum atomic E-state index is -0.746. The average molecular weight is 741 g/mol. The Morgan fingerprint density at radius 3 is 2.73 bits per heavy atom. The van der Waals surface area contributed by atoms with Crippen LogP contribution in [0.25, 0.3) is 6.08 Å². The van der Waals surface area contributed by atoms with Crippen molar-refractivity contribution in [2.75, 3.05) is 19.0 Å². The fraction of sp³-hybridized carbons (Fsp3) is 0.133. The van der Waals surface area contributed by atoms with Gasteiger partial charge in [-0.2, -0.15) is 5.26 Å². The third-order valence-corrected chi connectivity index (χ3v) is 8.55. The maximum atomic E-state index is 14.1. The summed E-state index contributed by atoms with van der Waals surface area (Å²) in [7, 11) is 1.57. The van der Waals surface area contributed by atoms with Gasteiger partial charge in [0.25, 0.3) is 11.5 Å². The first-order valence-electron chi connectivity index (χ1n) is 12.3. The van der Waals surface area contributed by atoms with Gasteiger partial charge in [0, 0.05) is 15.7 Å². The Morgan fingerprint density at radius 2 is 2.00 bits per heavy atom. The van der Waals surface area contributed by atoms with E-state index in [0.717, 1.165) is 8.04 Å². The van der Waals surface area contributed by atoms with Gasteiger partial charge in [-0.25, -0.2) is 4.99 Å². The Balaban J connectivity index is 1.70. The second-order valence-electron chi connectivity index (χ2n) is 8.93. The van der Waals surface area contributed by atoms with Crippen molar-refractivity contribution in [3.63, 3.8) is 0 Å². The number of hydrogen-bond donors (Lipinski definition) is 1. The molecule has 0 fully saturated rings. The van der Waals surface area contributed by atoms with Gasteiger partial charge < -0.3 is 14.8 Å². The molecule has 0 saturated carbocycles. The van der Waals surface area contributed by atoms with Gasteiger partial charge in [0.1, 0.15) is 17.6 Å². The Labute approximate surface area is 261 Å². The van der Waals surface area contributed by atoms with Crippen LogP contribution in [0, 0.1) is 14.9 Å². The number of halogens is 2. The van der Waals surface area contributed by atoms with Gasteiger partial charge in [0.2, 0.25) is 0 Å². The van der Waals surface area contributed by atoms with E-state index in [2.05, 4.69) is 43.8 Å². The summed E-state index contributed by atoms with van der Waals surface area (Å²) in [6.45, 7) is 1.64. The Morgan fingerprint density at radius 1 is 1.22 bits per heavy atom. The molecule has 1 aliphatic rings. The molecule has 1 aromatic heterocycles. The summed E-state index contributed by atoms with van der Waals surface area (Å²) >= 11 is 6.87. The van der Waals surface area contributed by atoms with Crippen LogP contribution in [0.5, 0.6) is 11.5 Å².